The molecule has 1 rings (SSSR count). The van der Waals surface area contributed by atoms with Gasteiger partial charge in [-0.15, -0.1) is 0 Å². The third kappa shape index (κ3) is 3.73. The van der Waals surface area contributed by atoms with Crippen LogP contribution in [-0.4, -0.2) is 17.7 Å². The zero-order chi connectivity index (χ0) is 13.5. The minimum absolute atomic E-state index is 0.0533. The second kappa shape index (κ2) is 6.58. The molecule has 0 spiro atoms. The Hall–Kier alpha value is -2.11. The van der Waals surface area contributed by atoms with E-state index in [-0.39, 0.29) is 5.69 Å². The second-order valence-electron chi connectivity index (χ2n) is 3.85. The lowest BCUT2D eigenvalue weighted by Crippen LogP contribution is -2.00. The van der Waals surface area contributed by atoms with Gasteiger partial charge in [-0.05, 0) is 25.5 Å². The molecule has 0 saturated carbocycles. The van der Waals surface area contributed by atoms with Crippen molar-refractivity contribution in [3.05, 3.63) is 28.3 Å². The summed E-state index contributed by atoms with van der Waals surface area (Å²) in [5.74, 6) is 0.446. The molecule has 0 amide bonds. The van der Waals surface area contributed by atoms with Crippen LogP contribution in [0.3, 0.4) is 0 Å². The highest BCUT2D eigenvalue weighted by atomic mass is 16.6. The zero-order valence-corrected chi connectivity index (χ0v) is 10.8. The molecular formula is C12H17N3O3. The van der Waals surface area contributed by atoms with E-state index in [2.05, 4.69) is 17.5 Å². The first-order chi connectivity index (χ1) is 8.58. The van der Waals surface area contributed by atoms with Gasteiger partial charge < -0.3 is 4.74 Å². The van der Waals surface area contributed by atoms with Crippen LogP contribution in [0.25, 0.3) is 0 Å². The van der Waals surface area contributed by atoms with Gasteiger partial charge in [0, 0.05) is 5.71 Å². The van der Waals surface area contributed by atoms with Gasteiger partial charge in [0.25, 0.3) is 5.69 Å². The number of nitrogens with one attached hydrogen (secondary N) is 1. The number of ether oxygens (including phenoxy) is 1. The SMILES string of the molecule is CCC/C(C)=N/Nc1ccc(OC)cc1[N+](=O)[O-]. The molecule has 18 heavy (non-hydrogen) atoms. The molecule has 0 unspecified atom stereocenters. The zero-order valence-electron chi connectivity index (χ0n) is 10.8. The highest BCUT2D eigenvalue weighted by molar-refractivity contribution is 5.83. The molecule has 98 valence electrons. The number of rotatable bonds is 6. The fourth-order valence-electron chi connectivity index (χ4n) is 1.46. The predicted molar refractivity (Wildman–Crippen MR) is 71.3 cm³/mol. The summed E-state index contributed by atoms with van der Waals surface area (Å²) >= 11 is 0. The predicted octanol–water partition coefficient (Wildman–Crippen LogP) is 3.19. The fraction of sp³-hybridized carbons (Fsp3) is 0.417. The standard InChI is InChI=1S/C12H17N3O3/c1-4-5-9(2)13-14-11-7-6-10(18-3)8-12(11)15(16)17/h6-8,14H,4-5H2,1-3H3/b13-9+. The van der Waals surface area contributed by atoms with E-state index >= 15 is 0 Å². The molecular weight excluding hydrogens is 234 g/mol. The number of nitrogens with zero attached hydrogens (tertiary/aromatic N) is 2. The number of hydrogen-bond donors (Lipinski definition) is 1. The molecule has 0 aliphatic carbocycles. The van der Waals surface area contributed by atoms with Crippen molar-refractivity contribution >= 4 is 17.1 Å². The number of nitro groups is 1. The molecule has 0 aliphatic rings. The van der Waals surface area contributed by atoms with E-state index in [0.29, 0.717) is 11.4 Å². The Balaban J connectivity index is 2.94. The van der Waals surface area contributed by atoms with E-state index in [1.165, 1.54) is 13.2 Å². The topological polar surface area (TPSA) is 76.8 Å². The van der Waals surface area contributed by atoms with E-state index < -0.39 is 4.92 Å². The van der Waals surface area contributed by atoms with Crippen molar-refractivity contribution in [1.29, 1.82) is 0 Å². The first-order valence-corrected chi connectivity index (χ1v) is 5.70. The summed E-state index contributed by atoms with van der Waals surface area (Å²) in [5.41, 5.74) is 3.93. The minimum Gasteiger partial charge on any atom is -0.496 e. The van der Waals surface area contributed by atoms with Gasteiger partial charge in [0.2, 0.25) is 0 Å². The molecule has 0 aromatic heterocycles. The Kier molecular flexibility index (Phi) is 5.10. The molecule has 6 heteroatoms. The van der Waals surface area contributed by atoms with Crippen LogP contribution < -0.4 is 10.2 Å². The van der Waals surface area contributed by atoms with Crippen LogP contribution in [0, 0.1) is 10.1 Å². The van der Waals surface area contributed by atoms with Crippen molar-refractivity contribution in [3.63, 3.8) is 0 Å². The van der Waals surface area contributed by atoms with Crippen LogP contribution >= 0.6 is 0 Å². The molecule has 1 aromatic carbocycles. The lowest BCUT2D eigenvalue weighted by Gasteiger charge is -2.05. The Morgan fingerprint density at radius 3 is 2.83 bits per heavy atom. The summed E-state index contributed by atoms with van der Waals surface area (Å²) in [7, 11) is 1.47. The lowest BCUT2D eigenvalue weighted by atomic mass is 10.2. The number of hydrazone groups is 1. The van der Waals surface area contributed by atoms with E-state index in [1.54, 1.807) is 12.1 Å². The van der Waals surface area contributed by atoms with Crippen LogP contribution in [0.2, 0.25) is 0 Å². The van der Waals surface area contributed by atoms with E-state index in [0.717, 1.165) is 18.6 Å². The summed E-state index contributed by atoms with van der Waals surface area (Å²) in [6.07, 6.45) is 1.85. The van der Waals surface area contributed by atoms with Gasteiger partial charge in [0.1, 0.15) is 11.4 Å². The second-order valence-corrected chi connectivity index (χ2v) is 3.85. The molecule has 0 fully saturated rings. The summed E-state index contributed by atoms with van der Waals surface area (Å²) in [4.78, 5) is 10.5. The molecule has 0 aliphatic heterocycles. The van der Waals surface area contributed by atoms with Crippen LogP contribution in [0.1, 0.15) is 26.7 Å². The van der Waals surface area contributed by atoms with Crippen LogP contribution in [0.4, 0.5) is 11.4 Å². The van der Waals surface area contributed by atoms with Crippen molar-refractivity contribution in [2.75, 3.05) is 12.5 Å². The maximum absolute atomic E-state index is 10.9. The maximum atomic E-state index is 10.9. The lowest BCUT2D eigenvalue weighted by molar-refractivity contribution is -0.384. The number of methoxy groups -OCH3 is 1. The fourth-order valence-corrected chi connectivity index (χ4v) is 1.46. The van der Waals surface area contributed by atoms with E-state index in [4.69, 9.17) is 4.74 Å². The molecule has 1 aromatic rings. The molecule has 0 atom stereocenters. The third-order valence-corrected chi connectivity index (χ3v) is 2.38. The first kappa shape index (κ1) is 14.0. The summed E-state index contributed by atoms with van der Waals surface area (Å²) < 4.78 is 4.96. The van der Waals surface area contributed by atoms with Crippen LogP contribution in [0.15, 0.2) is 23.3 Å². The highest BCUT2D eigenvalue weighted by Gasteiger charge is 2.14. The monoisotopic (exact) mass is 251 g/mol. The van der Waals surface area contributed by atoms with Crippen molar-refractivity contribution < 1.29 is 9.66 Å². The number of nitro benzene ring substituents is 1. The number of anilines is 1. The summed E-state index contributed by atoms with van der Waals surface area (Å²) in [6.45, 7) is 3.93. The Morgan fingerprint density at radius 2 is 2.28 bits per heavy atom. The van der Waals surface area contributed by atoms with E-state index in [9.17, 15) is 10.1 Å². The number of benzene rings is 1. The summed E-state index contributed by atoms with van der Waals surface area (Å²) in [6, 6.07) is 4.60. The van der Waals surface area contributed by atoms with Crippen molar-refractivity contribution in [2.45, 2.75) is 26.7 Å². The molecule has 0 bridgehead atoms. The van der Waals surface area contributed by atoms with Crippen LogP contribution in [0.5, 0.6) is 5.75 Å². The largest absolute Gasteiger partial charge is 0.496 e. The average Bonchev–Trinajstić information content (AvgIpc) is 2.36. The van der Waals surface area contributed by atoms with Crippen LogP contribution in [-0.2, 0) is 0 Å². The Morgan fingerprint density at radius 1 is 1.56 bits per heavy atom. The summed E-state index contributed by atoms with van der Waals surface area (Å²) in [5, 5.41) is 15.0. The smallest absolute Gasteiger partial charge is 0.297 e. The minimum atomic E-state index is -0.463. The Bertz CT molecular complexity index is 458. The first-order valence-electron chi connectivity index (χ1n) is 5.70. The normalized spacial score (nSPS) is 11.2. The highest BCUT2D eigenvalue weighted by Crippen LogP contribution is 2.28. The van der Waals surface area contributed by atoms with Gasteiger partial charge in [0.15, 0.2) is 0 Å². The van der Waals surface area contributed by atoms with Crippen molar-refractivity contribution in [3.8, 4) is 5.75 Å². The van der Waals surface area contributed by atoms with Gasteiger partial charge in [-0.25, -0.2) is 0 Å². The maximum Gasteiger partial charge on any atom is 0.297 e. The molecule has 0 saturated heterocycles. The molecule has 6 nitrogen and oxygen atoms in total. The third-order valence-electron chi connectivity index (χ3n) is 2.38. The van der Waals surface area contributed by atoms with Gasteiger partial charge in [0.05, 0.1) is 18.1 Å². The quantitative estimate of drug-likeness (QED) is 0.478. The van der Waals surface area contributed by atoms with Gasteiger partial charge >= 0.3 is 0 Å². The average molecular weight is 251 g/mol. The van der Waals surface area contributed by atoms with Gasteiger partial charge in [-0.1, -0.05) is 13.3 Å². The van der Waals surface area contributed by atoms with Gasteiger partial charge in [-0.3, -0.25) is 15.5 Å². The van der Waals surface area contributed by atoms with E-state index in [1.807, 2.05) is 6.92 Å². The molecule has 1 N–H and O–H groups in total. The van der Waals surface area contributed by atoms with Crippen molar-refractivity contribution in [2.24, 2.45) is 5.10 Å². The molecule has 0 heterocycles. The number of hydrogen-bond acceptors (Lipinski definition) is 5. The Labute approximate surface area is 106 Å². The van der Waals surface area contributed by atoms with Gasteiger partial charge in [-0.2, -0.15) is 5.10 Å². The van der Waals surface area contributed by atoms with Crippen molar-refractivity contribution in [1.82, 2.24) is 0 Å². The molecule has 0 radical (unpaired) electrons.